The molecule has 0 aliphatic carbocycles. The first-order chi connectivity index (χ1) is 27.3. The first kappa shape index (κ1) is 32.2. The minimum Gasteiger partial charge on any atom is -0.231 e. The van der Waals surface area contributed by atoms with Crippen molar-refractivity contribution in [3.8, 4) is 78.9 Å². The van der Waals surface area contributed by atoms with Gasteiger partial charge in [0.25, 0.3) is 0 Å². The summed E-state index contributed by atoms with van der Waals surface area (Å²) < 4.78 is 2.17. The predicted molar refractivity (Wildman–Crippen MR) is 224 cm³/mol. The number of pyridine rings is 1. The minimum absolute atomic E-state index is 0.609. The van der Waals surface area contributed by atoms with Gasteiger partial charge >= 0.3 is 0 Å². The van der Waals surface area contributed by atoms with E-state index in [-0.39, 0.29) is 0 Å². The number of nitrogens with zero attached hydrogens (tertiary/aromatic N) is 5. The highest BCUT2D eigenvalue weighted by molar-refractivity contribution is 6.15. The van der Waals surface area contributed by atoms with Crippen molar-refractivity contribution in [2.24, 2.45) is 0 Å². The van der Waals surface area contributed by atoms with Gasteiger partial charge in [-0.1, -0.05) is 194 Å². The van der Waals surface area contributed by atoms with Gasteiger partial charge in [0.2, 0.25) is 0 Å². The molecule has 3 aromatic heterocycles. The first-order valence-electron chi connectivity index (χ1n) is 18.4. The zero-order chi connectivity index (χ0) is 36.6. The third-order valence-electron chi connectivity index (χ3n) is 10.1. The highest BCUT2D eigenvalue weighted by Gasteiger charge is 2.25. The van der Waals surface area contributed by atoms with Gasteiger partial charge in [-0.25, -0.2) is 19.5 Å². The van der Waals surface area contributed by atoms with Crippen LogP contribution in [-0.4, -0.2) is 24.6 Å². The molecule has 0 saturated carbocycles. The van der Waals surface area contributed by atoms with Gasteiger partial charge in [0.05, 0.1) is 11.2 Å². The molecule has 10 aromatic rings. The Kier molecular flexibility index (Phi) is 8.08. The molecule has 0 saturated heterocycles. The van der Waals surface area contributed by atoms with Gasteiger partial charge in [-0.05, 0) is 22.6 Å². The summed E-state index contributed by atoms with van der Waals surface area (Å²) in [5.41, 5.74) is 12.3. The molecule has 0 amide bonds. The lowest BCUT2D eigenvalue weighted by Crippen LogP contribution is -2.01. The van der Waals surface area contributed by atoms with E-state index in [1.807, 2.05) is 60.7 Å². The van der Waals surface area contributed by atoms with Gasteiger partial charge in [-0.3, -0.25) is 0 Å². The second kappa shape index (κ2) is 13.8. The summed E-state index contributed by atoms with van der Waals surface area (Å²) in [4.78, 5) is 15.1. The van der Waals surface area contributed by atoms with E-state index in [9.17, 15) is 0 Å². The summed E-state index contributed by atoms with van der Waals surface area (Å²) in [5, 5.41) is 7.78. The lowest BCUT2D eigenvalue weighted by atomic mass is 9.90. The third kappa shape index (κ3) is 5.85. The van der Waals surface area contributed by atoms with Crippen LogP contribution in [0.5, 0.6) is 0 Å². The van der Waals surface area contributed by atoms with E-state index in [0.717, 1.165) is 77.7 Å². The Hall–Kier alpha value is -7.50. The maximum atomic E-state index is 5.53. The summed E-state index contributed by atoms with van der Waals surface area (Å²) in [6, 6.07) is 69.2. The van der Waals surface area contributed by atoms with Crippen LogP contribution in [0.25, 0.3) is 95.2 Å². The molecular formula is C50H33N5. The molecule has 10 rings (SSSR count). The van der Waals surface area contributed by atoms with Gasteiger partial charge in [0.1, 0.15) is 5.69 Å². The fourth-order valence-corrected chi connectivity index (χ4v) is 7.55. The van der Waals surface area contributed by atoms with Crippen molar-refractivity contribution >= 4 is 16.3 Å². The zero-order valence-corrected chi connectivity index (χ0v) is 29.8. The van der Waals surface area contributed by atoms with E-state index in [1.54, 1.807) is 0 Å². The van der Waals surface area contributed by atoms with Gasteiger partial charge in [0, 0.05) is 44.3 Å². The predicted octanol–water partition coefficient (Wildman–Crippen LogP) is 12.3. The molecule has 0 unspecified atom stereocenters. The lowest BCUT2D eigenvalue weighted by molar-refractivity contribution is 0.981. The molecule has 258 valence electrons. The molecule has 0 bridgehead atoms. The number of fused-ring (bicyclic) bond motifs is 3. The number of aromatic nitrogens is 5. The number of hydrogen-bond donors (Lipinski definition) is 0. The third-order valence-corrected chi connectivity index (χ3v) is 10.1. The standard InChI is InChI=1S/C50H33N5/c1-6-19-34(20-7-1)44-45(35-21-8-2-9-22-35)54-55-46(36-23-10-3-11-24-36)43(41-31-16-17-32-42(41)47(44)55)39-29-18-30-40(33-39)50-52-48(37-25-12-4-13-26-37)51-49(53-50)38-27-14-5-15-28-38/h1-33H. The second-order valence-corrected chi connectivity index (χ2v) is 13.5. The molecule has 7 aromatic carbocycles. The maximum Gasteiger partial charge on any atom is 0.164 e. The first-order valence-corrected chi connectivity index (χ1v) is 18.4. The van der Waals surface area contributed by atoms with Crippen LogP contribution in [0, 0.1) is 0 Å². The molecule has 0 aliphatic heterocycles. The maximum absolute atomic E-state index is 5.53. The highest BCUT2D eigenvalue weighted by atomic mass is 15.2. The molecule has 0 aliphatic rings. The molecule has 5 heteroatoms. The van der Waals surface area contributed by atoms with Crippen LogP contribution in [0.1, 0.15) is 0 Å². The molecule has 0 fully saturated rings. The molecule has 0 atom stereocenters. The summed E-state index contributed by atoms with van der Waals surface area (Å²) in [7, 11) is 0. The van der Waals surface area contributed by atoms with Gasteiger partial charge < -0.3 is 0 Å². The van der Waals surface area contributed by atoms with Crippen LogP contribution in [0.3, 0.4) is 0 Å². The molecular weight excluding hydrogens is 671 g/mol. The quantitative estimate of drug-likeness (QED) is 0.166. The largest absolute Gasteiger partial charge is 0.231 e. The van der Waals surface area contributed by atoms with Gasteiger partial charge in [0.15, 0.2) is 17.5 Å². The zero-order valence-electron chi connectivity index (χ0n) is 29.8. The van der Waals surface area contributed by atoms with Crippen LogP contribution < -0.4 is 0 Å². The molecule has 0 N–H and O–H groups in total. The Morgan fingerprint density at radius 1 is 0.309 bits per heavy atom. The summed E-state index contributed by atoms with van der Waals surface area (Å²) >= 11 is 0. The van der Waals surface area contributed by atoms with E-state index in [0.29, 0.717) is 17.5 Å². The van der Waals surface area contributed by atoms with Crippen molar-refractivity contribution in [3.63, 3.8) is 0 Å². The minimum atomic E-state index is 0.609. The smallest absolute Gasteiger partial charge is 0.164 e. The fraction of sp³-hybridized carbons (Fsp3) is 0. The Labute approximate surface area is 318 Å². The SMILES string of the molecule is c1ccc(-c2nc(-c3ccccc3)nc(-c3cccc(-c4c(-c5ccccc5)n5nc(-c6ccccc6)c(-c6ccccc6)c5c5ccccc45)c3)n2)cc1. The van der Waals surface area contributed by atoms with Crippen LogP contribution in [0.4, 0.5) is 0 Å². The Bertz CT molecular complexity index is 2890. The van der Waals surface area contributed by atoms with Crippen molar-refractivity contribution in [1.82, 2.24) is 24.6 Å². The van der Waals surface area contributed by atoms with Crippen LogP contribution in [0.15, 0.2) is 200 Å². The number of benzene rings is 7. The van der Waals surface area contributed by atoms with E-state index >= 15 is 0 Å². The molecule has 3 heterocycles. The molecule has 5 nitrogen and oxygen atoms in total. The Morgan fingerprint density at radius 3 is 1.29 bits per heavy atom. The lowest BCUT2D eigenvalue weighted by Gasteiger charge is -2.18. The average molecular weight is 704 g/mol. The average Bonchev–Trinajstić information content (AvgIpc) is 3.68. The van der Waals surface area contributed by atoms with E-state index < -0.39 is 0 Å². The van der Waals surface area contributed by atoms with Gasteiger partial charge in [-0.2, -0.15) is 5.10 Å². The van der Waals surface area contributed by atoms with Crippen LogP contribution in [-0.2, 0) is 0 Å². The van der Waals surface area contributed by atoms with Crippen molar-refractivity contribution in [3.05, 3.63) is 200 Å². The monoisotopic (exact) mass is 703 g/mol. The van der Waals surface area contributed by atoms with Crippen molar-refractivity contribution in [2.75, 3.05) is 0 Å². The Morgan fingerprint density at radius 2 is 0.727 bits per heavy atom. The molecule has 55 heavy (non-hydrogen) atoms. The van der Waals surface area contributed by atoms with Crippen LogP contribution in [0.2, 0.25) is 0 Å². The highest BCUT2D eigenvalue weighted by Crippen LogP contribution is 2.46. The second-order valence-electron chi connectivity index (χ2n) is 13.5. The Balaban J connectivity index is 1.27. The molecule has 0 spiro atoms. The summed E-state index contributed by atoms with van der Waals surface area (Å²) in [6.45, 7) is 0. The number of hydrogen-bond acceptors (Lipinski definition) is 4. The van der Waals surface area contributed by atoms with E-state index in [1.165, 1.54) is 0 Å². The summed E-state index contributed by atoms with van der Waals surface area (Å²) in [5.74, 6) is 1.87. The van der Waals surface area contributed by atoms with Crippen LogP contribution >= 0.6 is 0 Å². The van der Waals surface area contributed by atoms with E-state index in [4.69, 9.17) is 20.1 Å². The van der Waals surface area contributed by atoms with Crippen molar-refractivity contribution in [1.29, 1.82) is 0 Å². The van der Waals surface area contributed by atoms with Crippen molar-refractivity contribution in [2.45, 2.75) is 0 Å². The van der Waals surface area contributed by atoms with E-state index in [2.05, 4.69) is 144 Å². The van der Waals surface area contributed by atoms with Gasteiger partial charge in [-0.15, -0.1) is 0 Å². The number of rotatable bonds is 7. The normalized spacial score (nSPS) is 11.3. The summed E-state index contributed by atoms with van der Waals surface area (Å²) in [6.07, 6.45) is 0. The molecule has 0 radical (unpaired) electrons. The van der Waals surface area contributed by atoms with Crippen molar-refractivity contribution < 1.29 is 0 Å². The fourth-order valence-electron chi connectivity index (χ4n) is 7.55. The topological polar surface area (TPSA) is 56.0 Å².